The average Bonchev–Trinajstić information content (AvgIpc) is 2.88. The van der Waals surface area contributed by atoms with E-state index in [2.05, 4.69) is 29.6 Å². The van der Waals surface area contributed by atoms with E-state index in [4.69, 9.17) is 0 Å². The Morgan fingerprint density at radius 2 is 1.95 bits per heavy atom. The Morgan fingerprint density at radius 3 is 2.80 bits per heavy atom. The van der Waals surface area contributed by atoms with Gasteiger partial charge in [-0.1, -0.05) is 36.4 Å². The zero-order chi connectivity index (χ0) is 13.9. The van der Waals surface area contributed by atoms with Crippen LogP contribution in [0.3, 0.4) is 0 Å². The van der Waals surface area contributed by atoms with Crippen LogP contribution in [0.2, 0.25) is 0 Å². The maximum Gasteiger partial charge on any atom is 0.127 e. The highest BCUT2D eigenvalue weighted by atomic mass is 32.2. The Kier molecular flexibility index (Phi) is 4.08. The number of halogens is 1. The summed E-state index contributed by atoms with van der Waals surface area (Å²) in [6.07, 6.45) is 0. The number of fused-ring (bicyclic) bond motifs is 1. The zero-order valence-corrected chi connectivity index (χ0v) is 12.3. The van der Waals surface area contributed by atoms with Gasteiger partial charge in [0, 0.05) is 34.7 Å². The minimum atomic E-state index is -0.131. The third-order valence-corrected chi connectivity index (χ3v) is 5.09. The molecular formula is C17H18FNS. The smallest absolute Gasteiger partial charge is 0.127 e. The van der Waals surface area contributed by atoms with Crippen molar-refractivity contribution in [3.8, 4) is 0 Å². The molecule has 20 heavy (non-hydrogen) atoms. The lowest BCUT2D eigenvalue weighted by Crippen LogP contribution is -2.25. The highest BCUT2D eigenvalue weighted by Crippen LogP contribution is 2.39. The third-order valence-electron chi connectivity index (χ3n) is 3.84. The van der Waals surface area contributed by atoms with Crippen molar-refractivity contribution >= 4 is 11.8 Å². The standard InChI is InChI=1S/C17H18FNS/c1-12(14-6-2-4-8-16(14)18)19-10-13-11-20-17-9-5-3-7-15(13)17/h2-9,12-13,19H,10-11H2,1H3/t12-,13?/m1/s1. The molecule has 1 heterocycles. The Hall–Kier alpha value is -1.32. The average molecular weight is 287 g/mol. The molecule has 0 radical (unpaired) electrons. The summed E-state index contributed by atoms with van der Waals surface area (Å²) in [5, 5.41) is 3.47. The van der Waals surface area contributed by atoms with Crippen LogP contribution in [0.4, 0.5) is 4.39 Å². The van der Waals surface area contributed by atoms with Crippen molar-refractivity contribution in [2.75, 3.05) is 12.3 Å². The minimum Gasteiger partial charge on any atom is -0.309 e. The van der Waals surface area contributed by atoms with Crippen molar-refractivity contribution in [2.24, 2.45) is 0 Å². The van der Waals surface area contributed by atoms with Crippen LogP contribution in [-0.4, -0.2) is 12.3 Å². The van der Waals surface area contributed by atoms with Gasteiger partial charge >= 0.3 is 0 Å². The molecule has 0 bridgehead atoms. The number of thioether (sulfide) groups is 1. The first-order valence-electron chi connectivity index (χ1n) is 6.95. The molecule has 0 aliphatic carbocycles. The van der Waals surface area contributed by atoms with Gasteiger partial charge in [-0.3, -0.25) is 0 Å². The van der Waals surface area contributed by atoms with Crippen LogP contribution in [0.15, 0.2) is 53.4 Å². The van der Waals surface area contributed by atoms with Gasteiger partial charge < -0.3 is 5.32 Å². The molecule has 3 rings (SSSR count). The largest absolute Gasteiger partial charge is 0.309 e. The molecule has 1 aliphatic heterocycles. The molecule has 0 aromatic heterocycles. The fourth-order valence-corrected chi connectivity index (χ4v) is 3.91. The van der Waals surface area contributed by atoms with Crippen LogP contribution in [0.5, 0.6) is 0 Å². The molecule has 0 saturated heterocycles. The monoisotopic (exact) mass is 287 g/mol. The summed E-state index contributed by atoms with van der Waals surface area (Å²) in [5.74, 6) is 1.50. The molecule has 1 nitrogen and oxygen atoms in total. The topological polar surface area (TPSA) is 12.0 Å². The number of rotatable bonds is 4. The number of nitrogens with one attached hydrogen (secondary N) is 1. The SMILES string of the molecule is C[C@@H](NCC1CSc2ccccc21)c1ccccc1F. The van der Waals surface area contributed by atoms with E-state index in [-0.39, 0.29) is 11.9 Å². The maximum atomic E-state index is 13.7. The van der Waals surface area contributed by atoms with Crippen LogP contribution in [0, 0.1) is 5.82 Å². The van der Waals surface area contributed by atoms with Crippen molar-refractivity contribution in [1.82, 2.24) is 5.32 Å². The minimum absolute atomic E-state index is 0.0361. The quantitative estimate of drug-likeness (QED) is 0.896. The van der Waals surface area contributed by atoms with Crippen molar-refractivity contribution in [3.05, 3.63) is 65.5 Å². The highest BCUT2D eigenvalue weighted by molar-refractivity contribution is 7.99. The lowest BCUT2D eigenvalue weighted by Gasteiger charge is -2.18. The van der Waals surface area contributed by atoms with Crippen molar-refractivity contribution in [2.45, 2.75) is 23.8 Å². The van der Waals surface area contributed by atoms with E-state index in [1.807, 2.05) is 30.8 Å². The predicted octanol–water partition coefficient (Wildman–Crippen LogP) is 4.37. The van der Waals surface area contributed by atoms with E-state index < -0.39 is 0 Å². The van der Waals surface area contributed by atoms with E-state index in [0.29, 0.717) is 5.92 Å². The van der Waals surface area contributed by atoms with Gasteiger partial charge in [0.25, 0.3) is 0 Å². The summed E-state index contributed by atoms with van der Waals surface area (Å²) >= 11 is 1.91. The Morgan fingerprint density at radius 1 is 1.20 bits per heavy atom. The first-order valence-corrected chi connectivity index (χ1v) is 7.94. The zero-order valence-electron chi connectivity index (χ0n) is 11.5. The van der Waals surface area contributed by atoms with Crippen molar-refractivity contribution in [3.63, 3.8) is 0 Å². The Labute approximate surface area is 123 Å². The number of hydrogen-bond acceptors (Lipinski definition) is 2. The van der Waals surface area contributed by atoms with Gasteiger partial charge in [-0.15, -0.1) is 11.8 Å². The summed E-state index contributed by atoms with van der Waals surface area (Å²) in [7, 11) is 0. The Balaban J connectivity index is 1.65. The lowest BCUT2D eigenvalue weighted by atomic mass is 10.0. The summed E-state index contributed by atoms with van der Waals surface area (Å²) in [4.78, 5) is 1.39. The molecule has 3 heteroatoms. The Bertz CT molecular complexity index is 599. The second-order valence-corrected chi connectivity index (χ2v) is 6.26. The van der Waals surface area contributed by atoms with Gasteiger partial charge in [-0.05, 0) is 24.6 Å². The van der Waals surface area contributed by atoms with Crippen LogP contribution in [-0.2, 0) is 0 Å². The first-order chi connectivity index (χ1) is 9.75. The van der Waals surface area contributed by atoms with Gasteiger partial charge in [0.15, 0.2) is 0 Å². The summed E-state index contributed by atoms with van der Waals surface area (Å²) < 4.78 is 13.7. The van der Waals surface area contributed by atoms with E-state index in [1.54, 1.807) is 6.07 Å². The van der Waals surface area contributed by atoms with Crippen molar-refractivity contribution < 1.29 is 4.39 Å². The maximum absolute atomic E-state index is 13.7. The molecule has 2 aromatic rings. The van der Waals surface area contributed by atoms with Gasteiger partial charge in [-0.2, -0.15) is 0 Å². The molecule has 1 aliphatic rings. The van der Waals surface area contributed by atoms with E-state index in [0.717, 1.165) is 17.9 Å². The molecule has 0 amide bonds. The normalized spacial score (nSPS) is 18.8. The molecule has 1 unspecified atom stereocenters. The highest BCUT2D eigenvalue weighted by Gasteiger charge is 2.23. The third kappa shape index (κ3) is 2.74. The van der Waals surface area contributed by atoms with Crippen LogP contribution >= 0.6 is 11.8 Å². The molecule has 0 spiro atoms. The second-order valence-electron chi connectivity index (χ2n) is 5.20. The van der Waals surface area contributed by atoms with Crippen LogP contribution < -0.4 is 5.32 Å². The molecule has 2 aromatic carbocycles. The molecule has 2 atom stereocenters. The van der Waals surface area contributed by atoms with Crippen molar-refractivity contribution in [1.29, 1.82) is 0 Å². The van der Waals surface area contributed by atoms with E-state index in [9.17, 15) is 4.39 Å². The molecule has 0 fully saturated rings. The van der Waals surface area contributed by atoms with Gasteiger partial charge in [0.1, 0.15) is 5.82 Å². The summed E-state index contributed by atoms with van der Waals surface area (Å²) in [5.41, 5.74) is 2.16. The molecule has 0 saturated carbocycles. The predicted molar refractivity (Wildman–Crippen MR) is 82.7 cm³/mol. The molecular weight excluding hydrogens is 269 g/mol. The van der Waals surface area contributed by atoms with Gasteiger partial charge in [0.05, 0.1) is 0 Å². The van der Waals surface area contributed by atoms with Crippen LogP contribution in [0.25, 0.3) is 0 Å². The molecule has 1 N–H and O–H groups in total. The van der Waals surface area contributed by atoms with Crippen LogP contribution in [0.1, 0.15) is 30.0 Å². The van der Waals surface area contributed by atoms with Gasteiger partial charge in [-0.25, -0.2) is 4.39 Å². The fraction of sp³-hybridized carbons (Fsp3) is 0.294. The molecule has 104 valence electrons. The summed E-state index contributed by atoms with van der Waals surface area (Å²) in [6, 6.07) is 15.6. The lowest BCUT2D eigenvalue weighted by molar-refractivity contribution is 0.510. The van der Waals surface area contributed by atoms with Gasteiger partial charge in [0.2, 0.25) is 0 Å². The number of benzene rings is 2. The van der Waals surface area contributed by atoms with E-state index in [1.165, 1.54) is 16.5 Å². The second kappa shape index (κ2) is 5.98. The fourth-order valence-electron chi connectivity index (χ4n) is 2.65. The first kappa shape index (κ1) is 13.7. The number of hydrogen-bond donors (Lipinski definition) is 1. The summed E-state index contributed by atoms with van der Waals surface area (Å²) in [6.45, 7) is 2.91. The van der Waals surface area contributed by atoms with E-state index >= 15 is 0 Å².